The molecule has 0 fully saturated rings. The monoisotopic (exact) mass is 418 g/mol. The van der Waals surface area contributed by atoms with Crippen LogP contribution in [-0.4, -0.2) is 30.5 Å². The average Bonchev–Trinajstić information content (AvgIpc) is 3.09. The van der Waals surface area contributed by atoms with Gasteiger partial charge in [0.05, 0.1) is 24.7 Å². The lowest BCUT2D eigenvalue weighted by atomic mass is 10.1. The Labute approximate surface area is 169 Å². The van der Waals surface area contributed by atoms with Gasteiger partial charge in [0.25, 0.3) is 11.6 Å². The van der Waals surface area contributed by atoms with Crippen LogP contribution < -0.4 is 10.1 Å². The van der Waals surface area contributed by atoms with Gasteiger partial charge in [-0.2, -0.15) is 0 Å². The maximum Gasteiger partial charge on any atom is 0.310 e. The molecule has 1 amide bonds. The van der Waals surface area contributed by atoms with Gasteiger partial charge in [-0.1, -0.05) is 11.6 Å². The van der Waals surface area contributed by atoms with Crippen LogP contribution in [0.5, 0.6) is 5.75 Å². The lowest BCUT2D eigenvalue weighted by Gasteiger charge is -2.07. The van der Waals surface area contributed by atoms with Gasteiger partial charge in [0, 0.05) is 28.1 Å². The summed E-state index contributed by atoms with van der Waals surface area (Å²) < 4.78 is 15.5. The van der Waals surface area contributed by atoms with Gasteiger partial charge >= 0.3 is 5.97 Å². The second kappa shape index (κ2) is 8.61. The van der Waals surface area contributed by atoms with Gasteiger partial charge in [0.1, 0.15) is 17.0 Å². The fourth-order valence-corrected chi connectivity index (χ4v) is 2.79. The third-order valence-electron chi connectivity index (χ3n) is 3.99. The molecule has 0 aliphatic heterocycles. The van der Waals surface area contributed by atoms with Crippen molar-refractivity contribution in [2.45, 2.75) is 6.42 Å². The van der Waals surface area contributed by atoms with Crippen molar-refractivity contribution < 1.29 is 28.4 Å². The zero-order valence-electron chi connectivity index (χ0n) is 15.1. The minimum atomic E-state index is -0.717. The molecule has 0 atom stereocenters. The molecule has 0 radical (unpaired) electrons. The normalized spacial score (nSPS) is 10.6. The Hall–Kier alpha value is -3.59. The summed E-state index contributed by atoms with van der Waals surface area (Å²) in [6.07, 6.45) is 1.33. The van der Waals surface area contributed by atoms with Crippen LogP contribution in [0, 0.1) is 10.1 Å². The van der Waals surface area contributed by atoms with Crippen LogP contribution in [-0.2, 0) is 20.7 Å². The van der Waals surface area contributed by atoms with Crippen molar-refractivity contribution in [3.63, 3.8) is 0 Å². The van der Waals surface area contributed by atoms with Gasteiger partial charge in [0.15, 0.2) is 6.61 Å². The van der Waals surface area contributed by atoms with Crippen molar-refractivity contribution in [1.29, 1.82) is 0 Å². The molecule has 0 bridgehead atoms. The number of anilines is 1. The number of carbonyl (C=O) groups excluding carboxylic acids is 2. The molecule has 0 unspecified atom stereocenters. The highest BCUT2D eigenvalue weighted by molar-refractivity contribution is 6.31. The number of hydrogen-bond acceptors (Lipinski definition) is 7. The Bertz CT molecular complexity index is 1090. The second-order valence-corrected chi connectivity index (χ2v) is 6.36. The number of carbonyl (C=O) groups is 2. The first-order valence-electron chi connectivity index (χ1n) is 8.31. The highest BCUT2D eigenvalue weighted by Gasteiger charge is 2.18. The highest BCUT2D eigenvalue weighted by atomic mass is 35.5. The molecule has 29 heavy (non-hydrogen) atoms. The predicted octanol–water partition coefficient (Wildman–Crippen LogP) is 3.73. The first-order valence-corrected chi connectivity index (χ1v) is 8.68. The van der Waals surface area contributed by atoms with Crippen LogP contribution >= 0.6 is 11.6 Å². The fourth-order valence-electron chi connectivity index (χ4n) is 2.63. The average molecular weight is 419 g/mol. The standard InChI is InChI=1S/C19H15ClN2O7/c1-27-13-3-4-14-11(9-28-17(14)8-13)6-19(24)29-10-18(23)21-15-5-2-12(20)7-16(15)22(25)26/h2-5,7-9H,6,10H2,1H3,(H,21,23). The van der Waals surface area contributed by atoms with Crippen LogP contribution in [0.3, 0.4) is 0 Å². The predicted molar refractivity (Wildman–Crippen MR) is 104 cm³/mol. The molecule has 3 aromatic rings. The molecule has 1 aromatic heterocycles. The minimum Gasteiger partial charge on any atom is -0.497 e. The SMILES string of the molecule is COc1ccc2c(CC(=O)OCC(=O)Nc3ccc(Cl)cc3[N+](=O)[O-])coc2c1. The first kappa shape index (κ1) is 20.2. The first-order chi connectivity index (χ1) is 13.9. The summed E-state index contributed by atoms with van der Waals surface area (Å²) in [5.41, 5.74) is 0.744. The fraction of sp³-hybridized carbons (Fsp3) is 0.158. The molecular formula is C19H15ClN2O7. The minimum absolute atomic E-state index is 0.0461. The number of fused-ring (bicyclic) bond motifs is 1. The molecule has 3 rings (SSSR count). The number of methoxy groups -OCH3 is 1. The summed E-state index contributed by atoms with van der Waals surface area (Å²) in [7, 11) is 1.53. The molecule has 9 nitrogen and oxygen atoms in total. The molecular weight excluding hydrogens is 404 g/mol. The van der Waals surface area contributed by atoms with E-state index in [0.717, 1.165) is 11.5 Å². The molecule has 0 spiro atoms. The van der Waals surface area contributed by atoms with Crippen molar-refractivity contribution in [3.8, 4) is 5.75 Å². The summed E-state index contributed by atoms with van der Waals surface area (Å²) in [6, 6.07) is 8.99. The smallest absolute Gasteiger partial charge is 0.310 e. The van der Waals surface area contributed by atoms with Gasteiger partial charge in [-0.15, -0.1) is 0 Å². The maximum absolute atomic E-state index is 12.1. The van der Waals surface area contributed by atoms with Gasteiger partial charge in [-0.3, -0.25) is 19.7 Å². The number of nitrogens with one attached hydrogen (secondary N) is 1. The van der Waals surface area contributed by atoms with Gasteiger partial charge < -0.3 is 19.2 Å². The molecule has 10 heteroatoms. The van der Waals surface area contributed by atoms with E-state index in [1.54, 1.807) is 18.2 Å². The largest absolute Gasteiger partial charge is 0.497 e. The van der Waals surface area contributed by atoms with E-state index >= 15 is 0 Å². The summed E-state index contributed by atoms with van der Waals surface area (Å²) in [6.45, 7) is -0.595. The molecule has 2 aromatic carbocycles. The molecule has 1 N–H and O–H groups in total. The van der Waals surface area contributed by atoms with E-state index in [1.807, 2.05) is 0 Å². The Morgan fingerprint density at radius 1 is 1.24 bits per heavy atom. The number of nitro benzene ring substituents is 1. The number of amides is 1. The quantitative estimate of drug-likeness (QED) is 0.352. The lowest BCUT2D eigenvalue weighted by molar-refractivity contribution is -0.383. The van der Waals surface area contributed by atoms with E-state index < -0.39 is 23.4 Å². The van der Waals surface area contributed by atoms with Crippen molar-refractivity contribution in [3.05, 3.63) is 63.4 Å². The van der Waals surface area contributed by atoms with Crippen molar-refractivity contribution >= 4 is 45.8 Å². The molecule has 0 saturated carbocycles. The Balaban J connectivity index is 1.59. The summed E-state index contributed by atoms with van der Waals surface area (Å²) in [5, 5.41) is 14.3. The van der Waals surface area contributed by atoms with Crippen LogP contribution in [0.2, 0.25) is 5.02 Å². The van der Waals surface area contributed by atoms with Crippen molar-refractivity contribution in [2.75, 3.05) is 19.0 Å². The van der Waals surface area contributed by atoms with Crippen LogP contribution in [0.1, 0.15) is 5.56 Å². The number of furan rings is 1. The Kier molecular flexibility index (Phi) is 5.99. The van der Waals surface area contributed by atoms with Gasteiger partial charge in [0.2, 0.25) is 0 Å². The lowest BCUT2D eigenvalue weighted by Crippen LogP contribution is -2.22. The summed E-state index contributed by atoms with van der Waals surface area (Å²) >= 11 is 5.73. The zero-order valence-corrected chi connectivity index (χ0v) is 15.9. The maximum atomic E-state index is 12.1. The second-order valence-electron chi connectivity index (χ2n) is 5.93. The van der Waals surface area contributed by atoms with E-state index in [-0.39, 0.29) is 22.8 Å². The zero-order chi connectivity index (χ0) is 21.0. The number of esters is 1. The number of ether oxygens (including phenoxy) is 2. The number of nitro groups is 1. The molecule has 0 saturated heterocycles. The third-order valence-corrected chi connectivity index (χ3v) is 4.23. The molecule has 150 valence electrons. The number of halogens is 1. The Morgan fingerprint density at radius 3 is 2.76 bits per heavy atom. The van der Waals surface area contributed by atoms with E-state index in [2.05, 4.69) is 5.32 Å². The van der Waals surface area contributed by atoms with Crippen LogP contribution in [0.4, 0.5) is 11.4 Å². The van der Waals surface area contributed by atoms with Crippen LogP contribution in [0.15, 0.2) is 47.1 Å². The molecule has 1 heterocycles. The topological polar surface area (TPSA) is 121 Å². The van der Waals surface area contributed by atoms with Crippen LogP contribution in [0.25, 0.3) is 11.0 Å². The van der Waals surface area contributed by atoms with Crippen molar-refractivity contribution in [2.24, 2.45) is 0 Å². The Morgan fingerprint density at radius 2 is 2.03 bits per heavy atom. The number of hydrogen-bond donors (Lipinski definition) is 1. The number of benzene rings is 2. The van der Waals surface area contributed by atoms with Gasteiger partial charge in [-0.05, 0) is 24.3 Å². The van der Waals surface area contributed by atoms with E-state index in [9.17, 15) is 19.7 Å². The van der Waals surface area contributed by atoms with Crippen molar-refractivity contribution in [1.82, 2.24) is 0 Å². The number of nitrogens with zero attached hydrogens (tertiary/aromatic N) is 1. The third kappa shape index (κ3) is 4.82. The highest BCUT2D eigenvalue weighted by Crippen LogP contribution is 2.28. The summed E-state index contributed by atoms with van der Waals surface area (Å²) in [5.74, 6) is -0.747. The summed E-state index contributed by atoms with van der Waals surface area (Å²) in [4.78, 5) is 34.4. The molecule has 0 aliphatic carbocycles. The van der Waals surface area contributed by atoms with E-state index in [1.165, 1.54) is 25.5 Å². The van der Waals surface area contributed by atoms with Gasteiger partial charge in [-0.25, -0.2) is 0 Å². The number of rotatable bonds is 7. The molecule has 0 aliphatic rings. The van der Waals surface area contributed by atoms with E-state index in [0.29, 0.717) is 16.9 Å². The van der Waals surface area contributed by atoms with E-state index in [4.69, 9.17) is 25.5 Å².